The van der Waals surface area contributed by atoms with Gasteiger partial charge >= 0.3 is 5.97 Å². The van der Waals surface area contributed by atoms with Gasteiger partial charge in [0.05, 0.1) is 12.7 Å². The van der Waals surface area contributed by atoms with Crippen LogP contribution in [0.2, 0.25) is 0 Å². The van der Waals surface area contributed by atoms with E-state index in [-0.39, 0.29) is 5.97 Å². The number of carbonyl (C=O) groups excluding carboxylic acids is 1. The molecule has 0 fully saturated rings. The topological polar surface area (TPSA) is 39.2 Å². The summed E-state index contributed by atoms with van der Waals surface area (Å²) in [6.07, 6.45) is 3.95. The second kappa shape index (κ2) is 5.45. The molecule has 2 aromatic rings. The van der Waals surface area contributed by atoms with Crippen LogP contribution in [-0.4, -0.2) is 18.1 Å². The fourth-order valence-corrected chi connectivity index (χ4v) is 1.91. The first-order chi connectivity index (χ1) is 8.70. The predicted molar refractivity (Wildman–Crippen MR) is 69.6 cm³/mol. The summed E-state index contributed by atoms with van der Waals surface area (Å²) in [6, 6.07) is 10.1. The van der Waals surface area contributed by atoms with E-state index in [0.717, 1.165) is 5.56 Å². The van der Waals surface area contributed by atoms with E-state index in [1.165, 1.54) is 18.2 Å². The van der Waals surface area contributed by atoms with Crippen LogP contribution in [0.3, 0.4) is 0 Å². The average Bonchev–Trinajstić information content (AvgIpc) is 2.38. The van der Waals surface area contributed by atoms with Crippen molar-refractivity contribution in [3.05, 3.63) is 65.0 Å². The van der Waals surface area contributed by atoms with E-state index in [2.05, 4.69) is 30.1 Å². The summed E-state index contributed by atoms with van der Waals surface area (Å²) in [4.78, 5) is 15.6. The van der Waals surface area contributed by atoms with Crippen LogP contribution in [0, 0.1) is 6.92 Å². The molecule has 3 heteroatoms. The van der Waals surface area contributed by atoms with Crippen LogP contribution >= 0.6 is 0 Å². The Bertz CT molecular complexity index is 564. The number of aryl methyl sites for hydroxylation is 1. The van der Waals surface area contributed by atoms with Gasteiger partial charge in [-0.25, -0.2) is 4.79 Å². The first-order valence-corrected chi connectivity index (χ1v) is 5.77. The number of pyridine rings is 1. The average molecular weight is 241 g/mol. The zero-order chi connectivity index (χ0) is 13.0. The lowest BCUT2D eigenvalue weighted by Gasteiger charge is -2.07. The Kier molecular flexibility index (Phi) is 3.72. The smallest absolute Gasteiger partial charge is 0.339 e. The van der Waals surface area contributed by atoms with Crippen LogP contribution in [0.1, 0.15) is 27.0 Å². The molecule has 92 valence electrons. The van der Waals surface area contributed by atoms with Crippen LogP contribution in [0.25, 0.3) is 0 Å². The molecular weight excluding hydrogens is 226 g/mol. The van der Waals surface area contributed by atoms with Gasteiger partial charge in [0.15, 0.2) is 0 Å². The first-order valence-electron chi connectivity index (χ1n) is 5.77. The van der Waals surface area contributed by atoms with Gasteiger partial charge < -0.3 is 4.74 Å². The molecule has 18 heavy (non-hydrogen) atoms. The number of rotatable bonds is 3. The lowest BCUT2D eigenvalue weighted by Crippen LogP contribution is -2.06. The van der Waals surface area contributed by atoms with Crippen molar-refractivity contribution >= 4 is 5.97 Å². The van der Waals surface area contributed by atoms with Gasteiger partial charge in [0.1, 0.15) is 0 Å². The quantitative estimate of drug-likeness (QED) is 0.776. The van der Waals surface area contributed by atoms with Crippen molar-refractivity contribution in [3.63, 3.8) is 0 Å². The number of esters is 1. The summed E-state index contributed by atoms with van der Waals surface area (Å²) in [5, 5.41) is 0. The van der Waals surface area contributed by atoms with E-state index in [1.807, 2.05) is 12.1 Å². The molecule has 1 heterocycles. The van der Waals surface area contributed by atoms with Gasteiger partial charge in [0, 0.05) is 12.4 Å². The molecule has 3 nitrogen and oxygen atoms in total. The number of hydrogen-bond donors (Lipinski definition) is 0. The number of ether oxygens (including phenoxy) is 1. The first kappa shape index (κ1) is 12.3. The summed E-state index contributed by atoms with van der Waals surface area (Å²) in [6.45, 7) is 2.05. The lowest BCUT2D eigenvalue weighted by molar-refractivity contribution is 0.0599. The second-order valence-electron chi connectivity index (χ2n) is 4.19. The Hall–Kier alpha value is -2.16. The molecule has 0 radical (unpaired) electrons. The van der Waals surface area contributed by atoms with E-state index < -0.39 is 0 Å². The molecule has 0 amide bonds. The number of aromatic nitrogens is 1. The van der Waals surface area contributed by atoms with Crippen molar-refractivity contribution in [1.82, 2.24) is 4.98 Å². The maximum atomic E-state index is 11.6. The highest BCUT2D eigenvalue weighted by atomic mass is 16.5. The highest BCUT2D eigenvalue weighted by Crippen LogP contribution is 2.15. The maximum Gasteiger partial charge on any atom is 0.339 e. The molecule has 0 saturated carbocycles. The fourth-order valence-electron chi connectivity index (χ4n) is 1.91. The van der Waals surface area contributed by atoms with Gasteiger partial charge in [-0.3, -0.25) is 4.98 Å². The standard InChI is InChI=1S/C15H15NO2/c1-11-4-3-5-12(8-11)9-13-6-7-16-10-14(13)15(17)18-2/h3-8,10H,9H2,1-2H3. The summed E-state index contributed by atoms with van der Waals surface area (Å²) < 4.78 is 4.76. The van der Waals surface area contributed by atoms with Crippen LogP contribution in [0.5, 0.6) is 0 Å². The monoisotopic (exact) mass is 241 g/mol. The van der Waals surface area contributed by atoms with Crippen LogP contribution in [-0.2, 0) is 11.2 Å². The number of nitrogens with zero attached hydrogens (tertiary/aromatic N) is 1. The molecule has 0 spiro atoms. The summed E-state index contributed by atoms with van der Waals surface area (Å²) in [7, 11) is 1.38. The van der Waals surface area contributed by atoms with E-state index in [0.29, 0.717) is 12.0 Å². The number of hydrogen-bond acceptors (Lipinski definition) is 3. The number of benzene rings is 1. The third-order valence-corrected chi connectivity index (χ3v) is 2.79. The van der Waals surface area contributed by atoms with Crippen LogP contribution in [0.4, 0.5) is 0 Å². The number of methoxy groups -OCH3 is 1. The van der Waals surface area contributed by atoms with E-state index >= 15 is 0 Å². The highest BCUT2D eigenvalue weighted by molar-refractivity contribution is 5.90. The fraction of sp³-hybridized carbons (Fsp3) is 0.200. The minimum atomic E-state index is -0.342. The van der Waals surface area contributed by atoms with Gasteiger partial charge in [-0.05, 0) is 30.5 Å². The minimum absolute atomic E-state index is 0.342. The number of carbonyl (C=O) groups is 1. The molecule has 0 aliphatic carbocycles. The van der Waals surface area contributed by atoms with E-state index in [1.54, 1.807) is 12.4 Å². The highest BCUT2D eigenvalue weighted by Gasteiger charge is 2.11. The SMILES string of the molecule is COC(=O)c1cnccc1Cc1cccc(C)c1. The van der Waals surface area contributed by atoms with Crippen molar-refractivity contribution in [2.45, 2.75) is 13.3 Å². The zero-order valence-corrected chi connectivity index (χ0v) is 10.5. The van der Waals surface area contributed by atoms with Crippen molar-refractivity contribution in [1.29, 1.82) is 0 Å². The van der Waals surface area contributed by atoms with Crippen molar-refractivity contribution in [2.75, 3.05) is 7.11 Å². The summed E-state index contributed by atoms with van der Waals surface area (Å²) in [5.74, 6) is -0.342. The summed E-state index contributed by atoms with van der Waals surface area (Å²) >= 11 is 0. The Morgan fingerprint density at radius 2 is 2.17 bits per heavy atom. The third kappa shape index (κ3) is 2.74. The second-order valence-corrected chi connectivity index (χ2v) is 4.19. The Morgan fingerprint density at radius 1 is 1.33 bits per heavy atom. The Balaban J connectivity index is 2.32. The molecule has 0 atom stereocenters. The van der Waals surface area contributed by atoms with Crippen molar-refractivity contribution in [2.24, 2.45) is 0 Å². The van der Waals surface area contributed by atoms with Crippen LogP contribution in [0.15, 0.2) is 42.7 Å². The molecule has 0 aliphatic rings. The molecule has 0 aliphatic heterocycles. The molecule has 0 N–H and O–H groups in total. The van der Waals surface area contributed by atoms with Crippen LogP contribution < -0.4 is 0 Å². The van der Waals surface area contributed by atoms with Gasteiger partial charge in [0.2, 0.25) is 0 Å². The molecule has 0 bridgehead atoms. The van der Waals surface area contributed by atoms with Crippen molar-refractivity contribution < 1.29 is 9.53 Å². The van der Waals surface area contributed by atoms with E-state index in [9.17, 15) is 4.79 Å². The zero-order valence-electron chi connectivity index (χ0n) is 10.5. The van der Waals surface area contributed by atoms with Gasteiger partial charge in [-0.15, -0.1) is 0 Å². The van der Waals surface area contributed by atoms with Gasteiger partial charge in [-0.2, -0.15) is 0 Å². The van der Waals surface area contributed by atoms with Gasteiger partial charge in [0.25, 0.3) is 0 Å². The minimum Gasteiger partial charge on any atom is -0.465 e. The summed E-state index contributed by atoms with van der Waals surface area (Å²) in [5.41, 5.74) is 3.84. The maximum absolute atomic E-state index is 11.6. The molecular formula is C15H15NO2. The lowest BCUT2D eigenvalue weighted by atomic mass is 10.0. The third-order valence-electron chi connectivity index (χ3n) is 2.79. The molecule has 0 saturated heterocycles. The van der Waals surface area contributed by atoms with E-state index in [4.69, 9.17) is 4.74 Å². The van der Waals surface area contributed by atoms with Crippen molar-refractivity contribution in [3.8, 4) is 0 Å². The largest absolute Gasteiger partial charge is 0.465 e. The molecule has 1 aromatic heterocycles. The molecule has 0 unspecified atom stereocenters. The molecule has 2 rings (SSSR count). The van der Waals surface area contributed by atoms with Gasteiger partial charge in [-0.1, -0.05) is 29.8 Å². The molecule has 1 aromatic carbocycles. The Labute approximate surface area is 106 Å². The predicted octanol–water partition coefficient (Wildman–Crippen LogP) is 2.77. The normalized spacial score (nSPS) is 10.1. The Morgan fingerprint density at radius 3 is 2.89 bits per heavy atom.